The van der Waals surface area contributed by atoms with Crippen molar-refractivity contribution in [2.75, 3.05) is 32.7 Å². The van der Waals surface area contributed by atoms with E-state index < -0.39 is 0 Å². The average molecular weight is 234 g/mol. The lowest BCUT2D eigenvalue weighted by Gasteiger charge is -2.46. The molecule has 5 heteroatoms. The number of aromatic amines is 1. The maximum atomic E-state index is 11.6. The Morgan fingerprint density at radius 1 is 1.41 bits per heavy atom. The zero-order valence-corrected chi connectivity index (χ0v) is 10.1. The largest absolute Gasteiger partial charge is 0.309 e. The third kappa shape index (κ3) is 2.00. The first-order valence-corrected chi connectivity index (χ1v) is 6.33. The van der Waals surface area contributed by atoms with Crippen molar-refractivity contribution in [3.8, 4) is 0 Å². The van der Waals surface area contributed by atoms with Gasteiger partial charge in [0.2, 0.25) is 0 Å². The van der Waals surface area contributed by atoms with E-state index in [1.165, 1.54) is 0 Å². The fourth-order valence-corrected chi connectivity index (χ4v) is 2.74. The first-order chi connectivity index (χ1) is 8.26. The topological polar surface area (TPSA) is 52.2 Å². The van der Waals surface area contributed by atoms with Crippen LogP contribution in [0.3, 0.4) is 0 Å². The molecule has 0 spiro atoms. The van der Waals surface area contributed by atoms with Crippen LogP contribution in [0.1, 0.15) is 24.5 Å². The van der Waals surface area contributed by atoms with Gasteiger partial charge in [-0.25, -0.2) is 4.98 Å². The van der Waals surface area contributed by atoms with Crippen molar-refractivity contribution < 1.29 is 0 Å². The van der Waals surface area contributed by atoms with Gasteiger partial charge in [0.15, 0.2) is 0 Å². The summed E-state index contributed by atoms with van der Waals surface area (Å²) in [4.78, 5) is 23.9. The monoisotopic (exact) mass is 234 g/mol. The highest BCUT2D eigenvalue weighted by atomic mass is 16.1. The molecule has 5 nitrogen and oxygen atoms in total. The summed E-state index contributed by atoms with van der Waals surface area (Å²) in [6, 6.07) is 1.87. The third-order valence-electron chi connectivity index (χ3n) is 3.77. The zero-order valence-electron chi connectivity index (χ0n) is 10.1. The molecule has 1 atom stereocenters. The van der Waals surface area contributed by atoms with Gasteiger partial charge in [-0.05, 0) is 6.42 Å². The zero-order chi connectivity index (χ0) is 11.8. The number of hydrogen-bond donors (Lipinski definition) is 1. The highest BCUT2D eigenvalue weighted by Crippen LogP contribution is 2.25. The summed E-state index contributed by atoms with van der Waals surface area (Å²) in [5.74, 6) is 0.846. The second-order valence-corrected chi connectivity index (χ2v) is 4.83. The first-order valence-electron chi connectivity index (χ1n) is 6.33. The van der Waals surface area contributed by atoms with Gasteiger partial charge < -0.3 is 4.98 Å². The van der Waals surface area contributed by atoms with Gasteiger partial charge in [0.05, 0.1) is 6.04 Å². The predicted molar refractivity (Wildman–Crippen MR) is 65.0 cm³/mol. The molecule has 1 aromatic heterocycles. The van der Waals surface area contributed by atoms with Crippen molar-refractivity contribution in [2.45, 2.75) is 19.4 Å². The molecule has 17 heavy (non-hydrogen) atoms. The lowest BCUT2D eigenvalue weighted by atomic mass is 10.1. The lowest BCUT2D eigenvalue weighted by Crippen LogP contribution is -2.57. The Kier molecular flexibility index (Phi) is 2.72. The van der Waals surface area contributed by atoms with E-state index in [0.29, 0.717) is 0 Å². The van der Waals surface area contributed by atoms with Crippen LogP contribution >= 0.6 is 0 Å². The van der Waals surface area contributed by atoms with E-state index in [1.54, 1.807) is 6.07 Å². The number of piperazine rings is 3. The molecular formula is C12H18N4O. The van der Waals surface area contributed by atoms with Crippen LogP contribution in [0.2, 0.25) is 0 Å². The van der Waals surface area contributed by atoms with Crippen LogP contribution < -0.4 is 5.56 Å². The molecule has 3 fully saturated rings. The normalized spacial score (nSPS) is 31.7. The molecule has 0 radical (unpaired) electrons. The molecule has 1 aromatic rings. The van der Waals surface area contributed by atoms with Crippen molar-refractivity contribution in [3.05, 3.63) is 27.9 Å². The van der Waals surface area contributed by atoms with E-state index in [0.717, 1.165) is 50.7 Å². The Morgan fingerprint density at radius 2 is 2.18 bits per heavy atom. The summed E-state index contributed by atoms with van der Waals surface area (Å²) in [5, 5.41) is 0. The minimum Gasteiger partial charge on any atom is -0.309 e. The molecule has 3 aliphatic heterocycles. The van der Waals surface area contributed by atoms with E-state index in [-0.39, 0.29) is 11.6 Å². The Hall–Kier alpha value is -1.20. The number of hydrogen-bond acceptors (Lipinski definition) is 4. The van der Waals surface area contributed by atoms with Gasteiger partial charge in [-0.3, -0.25) is 14.6 Å². The van der Waals surface area contributed by atoms with E-state index in [1.807, 2.05) is 6.92 Å². The Labute approximate surface area is 100 Å². The van der Waals surface area contributed by atoms with Gasteiger partial charge in [0.1, 0.15) is 5.82 Å². The van der Waals surface area contributed by atoms with Gasteiger partial charge in [-0.2, -0.15) is 0 Å². The fraction of sp³-hybridized carbons (Fsp3) is 0.667. The Bertz CT molecular complexity index is 462. The highest BCUT2D eigenvalue weighted by Gasteiger charge is 2.34. The molecule has 0 aliphatic carbocycles. The van der Waals surface area contributed by atoms with Crippen LogP contribution in [0.25, 0.3) is 0 Å². The molecule has 0 amide bonds. The minimum atomic E-state index is -0.0236. The van der Waals surface area contributed by atoms with E-state index in [2.05, 4.69) is 19.8 Å². The Morgan fingerprint density at radius 3 is 2.76 bits per heavy atom. The maximum Gasteiger partial charge on any atom is 0.251 e. The Balaban J connectivity index is 1.93. The summed E-state index contributed by atoms with van der Waals surface area (Å²) in [7, 11) is 0. The SMILES string of the molecule is CCc1cc(=O)[nH]c(C2CN3CCN2CC3)n1. The van der Waals surface area contributed by atoms with Crippen LogP contribution in [0.5, 0.6) is 0 Å². The van der Waals surface area contributed by atoms with Crippen LogP contribution in [-0.2, 0) is 6.42 Å². The fourth-order valence-electron chi connectivity index (χ4n) is 2.74. The molecule has 92 valence electrons. The van der Waals surface area contributed by atoms with E-state index >= 15 is 0 Å². The summed E-state index contributed by atoms with van der Waals surface area (Å²) in [6.07, 6.45) is 0.813. The molecule has 1 unspecified atom stereocenters. The van der Waals surface area contributed by atoms with Crippen LogP contribution in [-0.4, -0.2) is 52.5 Å². The van der Waals surface area contributed by atoms with Crippen LogP contribution in [0, 0.1) is 0 Å². The highest BCUT2D eigenvalue weighted by molar-refractivity contribution is 5.08. The molecule has 3 saturated heterocycles. The van der Waals surface area contributed by atoms with Crippen molar-refractivity contribution >= 4 is 0 Å². The van der Waals surface area contributed by atoms with E-state index in [9.17, 15) is 4.79 Å². The van der Waals surface area contributed by atoms with Crippen molar-refractivity contribution in [3.63, 3.8) is 0 Å². The molecule has 4 rings (SSSR count). The predicted octanol–water partition coefficient (Wildman–Crippen LogP) is 0.00460. The van der Waals surface area contributed by atoms with Gasteiger partial charge in [0, 0.05) is 44.5 Å². The summed E-state index contributed by atoms with van der Waals surface area (Å²) < 4.78 is 0. The van der Waals surface area contributed by atoms with Gasteiger partial charge in [0.25, 0.3) is 5.56 Å². The van der Waals surface area contributed by atoms with Crippen molar-refractivity contribution in [2.24, 2.45) is 0 Å². The van der Waals surface area contributed by atoms with E-state index in [4.69, 9.17) is 0 Å². The molecule has 0 saturated carbocycles. The smallest absolute Gasteiger partial charge is 0.251 e. The lowest BCUT2D eigenvalue weighted by molar-refractivity contribution is 0.00846. The van der Waals surface area contributed by atoms with Gasteiger partial charge >= 0.3 is 0 Å². The summed E-state index contributed by atoms with van der Waals surface area (Å²) in [5.41, 5.74) is 0.867. The number of fused-ring (bicyclic) bond motifs is 3. The number of rotatable bonds is 2. The maximum absolute atomic E-state index is 11.6. The molecule has 0 aromatic carbocycles. The first kappa shape index (κ1) is 10.9. The summed E-state index contributed by atoms with van der Waals surface area (Å²) >= 11 is 0. The van der Waals surface area contributed by atoms with Gasteiger partial charge in [-0.15, -0.1) is 0 Å². The van der Waals surface area contributed by atoms with Crippen LogP contribution in [0.4, 0.5) is 0 Å². The average Bonchev–Trinajstić information content (AvgIpc) is 2.39. The number of aryl methyl sites for hydroxylation is 1. The number of aromatic nitrogens is 2. The molecule has 4 heterocycles. The number of nitrogens with one attached hydrogen (secondary N) is 1. The molecular weight excluding hydrogens is 216 g/mol. The summed E-state index contributed by atoms with van der Waals surface area (Å²) in [6.45, 7) is 7.50. The van der Waals surface area contributed by atoms with Crippen molar-refractivity contribution in [1.82, 2.24) is 19.8 Å². The second kappa shape index (κ2) is 4.23. The quantitative estimate of drug-likeness (QED) is 0.783. The standard InChI is InChI=1S/C12H18N4O/c1-2-9-7-11(17)14-12(13-9)10-8-15-3-5-16(10)6-4-15/h7,10H,2-6,8H2,1H3,(H,13,14,17). The number of H-pyrrole nitrogens is 1. The second-order valence-electron chi connectivity index (χ2n) is 4.83. The van der Waals surface area contributed by atoms with Crippen LogP contribution in [0.15, 0.2) is 10.9 Å². The van der Waals surface area contributed by atoms with Gasteiger partial charge in [-0.1, -0.05) is 6.92 Å². The molecule has 2 bridgehead atoms. The molecule has 3 aliphatic rings. The number of nitrogens with zero attached hydrogens (tertiary/aromatic N) is 3. The van der Waals surface area contributed by atoms with Crippen molar-refractivity contribution in [1.29, 1.82) is 0 Å². The minimum absolute atomic E-state index is 0.0236. The third-order valence-corrected chi connectivity index (χ3v) is 3.77. The molecule has 1 N–H and O–H groups in total.